The molecule has 0 saturated heterocycles. The molecule has 0 unspecified atom stereocenters. The molecule has 1 aliphatic carbocycles. The van der Waals surface area contributed by atoms with Crippen molar-refractivity contribution in [1.29, 1.82) is 0 Å². The van der Waals surface area contributed by atoms with E-state index in [9.17, 15) is 0 Å². The predicted octanol–water partition coefficient (Wildman–Crippen LogP) is 2.52. The predicted molar refractivity (Wildman–Crippen MR) is 68.4 cm³/mol. The summed E-state index contributed by atoms with van der Waals surface area (Å²) in [5.74, 6) is 1.48. The number of ether oxygens (including phenoxy) is 1. The lowest BCUT2D eigenvalue weighted by molar-refractivity contribution is 0.476. The Morgan fingerprint density at radius 2 is 2.06 bits per heavy atom. The van der Waals surface area contributed by atoms with E-state index < -0.39 is 0 Å². The Hall–Kier alpha value is -1.94. The maximum Gasteiger partial charge on any atom is 0.146 e. The van der Waals surface area contributed by atoms with Gasteiger partial charge in [-0.15, -0.1) is 0 Å². The average Bonchev–Trinajstić information content (AvgIpc) is 3.22. The minimum absolute atomic E-state index is 0.702. The summed E-state index contributed by atoms with van der Waals surface area (Å²) in [7, 11) is 0. The summed E-state index contributed by atoms with van der Waals surface area (Å²) in [6.45, 7) is 0.849. The molecule has 18 heavy (non-hydrogen) atoms. The van der Waals surface area contributed by atoms with Crippen LogP contribution < -0.4 is 10.1 Å². The molecule has 0 aromatic carbocycles. The number of aromatic nitrogens is 2. The van der Waals surface area contributed by atoms with Gasteiger partial charge in [-0.25, -0.2) is 0 Å². The van der Waals surface area contributed by atoms with Gasteiger partial charge in [0.2, 0.25) is 0 Å². The first-order valence-electron chi connectivity index (χ1n) is 6.15. The molecule has 1 saturated carbocycles. The molecule has 92 valence electrons. The third-order valence-electron chi connectivity index (χ3n) is 2.81. The SMILES string of the molecule is c1cncc(Oc2cncc(CNC3CC3)c2)c1. The van der Waals surface area contributed by atoms with E-state index in [1.165, 1.54) is 12.8 Å². The normalized spacial score (nSPS) is 14.4. The molecule has 1 N–H and O–H groups in total. The lowest BCUT2D eigenvalue weighted by Gasteiger charge is -2.07. The first-order chi connectivity index (χ1) is 8.90. The maximum absolute atomic E-state index is 5.69. The smallest absolute Gasteiger partial charge is 0.146 e. The van der Waals surface area contributed by atoms with Crippen molar-refractivity contribution in [1.82, 2.24) is 15.3 Å². The monoisotopic (exact) mass is 241 g/mol. The number of pyridine rings is 2. The van der Waals surface area contributed by atoms with Gasteiger partial charge in [0.25, 0.3) is 0 Å². The second kappa shape index (κ2) is 5.14. The molecule has 2 heterocycles. The van der Waals surface area contributed by atoms with Crippen LogP contribution in [0.25, 0.3) is 0 Å². The zero-order valence-corrected chi connectivity index (χ0v) is 10.0. The summed E-state index contributed by atoms with van der Waals surface area (Å²) in [5, 5.41) is 3.46. The number of rotatable bonds is 5. The van der Waals surface area contributed by atoms with Gasteiger partial charge >= 0.3 is 0 Å². The van der Waals surface area contributed by atoms with Crippen molar-refractivity contribution in [3.8, 4) is 11.5 Å². The van der Waals surface area contributed by atoms with Gasteiger partial charge in [-0.2, -0.15) is 0 Å². The van der Waals surface area contributed by atoms with Crippen LogP contribution in [0.15, 0.2) is 43.0 Å². The summed E-state index contributed by atoms with van der Waals surface area (Å²) in [5.41, 5.74) is 1.14. The molecule has 4 heteroatoms. The van der Waals surface area contributed by atoms with Crippen LogP contribution in [0.5, 0.6) is 11.5 Å². The van der Waals surface area contributed by atoms with Gasteiger partial charge in [0, 0.05) is 25.0 Å². The Kier molecular flexibility index (Phi) is 3.19. The molecule has 3 rings (SSSR count). The van der Waals surface area contributed by atoms with Crippen LogP contribution in [0.3, 0.4) is 0 Å². The van der Waals surface area contributed by atoms with E-state index in [4.69, 9.17) is 4.74 Å². The van der Waals surface area contributed by atoms with Crippen molar-refractivity contribution >= 4 is 0 Å². The molecule has 0 radical (unpaired) electrons. The number of nitrogens with one attached hydrogen (secondary N) is 1. The zero-order chi connectivity index (χ0) is 12.2. The van der Waals surface area contributed by atoms with Crippen molar-refractivity contribution < 1.29 is 4.74 Å². The highest BCUT2D eigenvalue weighted by Crippen LogP contribution is 2.22. The number of hydrogen-bond acceptors (Lipinski definition) is 4. The van der Waals surface area contributed by atoms with Gasteiger partial charge in [-0.1, -0.05) is 0 Å². The van der Waals surface area contributed by atoms with Gasteiger partial charge in [-0.3, -0.25) is 9.97 Å². The largest absolute Gasteiger partial charge is 0.454 e. The quantitative estimate of drug-likeness (QED) is 0.873. The molecule has 4 nitrogen and oxygen atoms in total. The first-order valence-corrected chi connectivity index (χ1v) is 6.15. The fourth-order valence-corrected chi connectivity index (χ4v) is 1.71. The van der Waals surface area contributed by atoms with Gasteiger partial charge in [-0.05, 0) is 36.6 Å². The van der Waals surface area contributed by atoms with Gasteiger partial charge in [0.15, 0.2) is 0 Å². The third kappa shape index (κ3) is 3.05. The number of hydrogen-bond donors (Lipinski definition) is 1. The lowest BCUT2D eigenvalue weighted by atomic mass is 10.2. The van der Waals surface area contributed by atoms with Crippen molar-refractivity contribution in [3.05, 3.63) is 48.5 Å². The minimum Gasteiger partial charge on any atom is -0.454 e. The Morgan fingerprint density at radius 1 is 1.17 bits per heavy atom. The zero-order valence-electron chi connectivity index (χ0n) is 10.0. The third-order valence-corrected chi connectivity index (χ3v) is 2.81. The fraction of sp³-hybridized carbons (Fsp3) is 0.286. The molecule has 0 aliphatic heterocycles. The molecule has 0 amide bonds. The molecule has 0 spiro atoms. The number of nitrogens with zero attached hydrogens (tertiary/aromatic N) is 2. The lowest BCUT2D eigenvalue weighted by Crippen LogP contribution is -2.15. The summed E-state index contributed by atoms with van der Waals surface area (Å²) >= 11 is 0. The Bertz CT molecular complexity index is 511. The van der Waals surface area contributed by atoms with E-state index in [1.807, 2.05) is 24.4 Å². The van der Waals surface area contributed by atoms with Crippen molar-refractivity contribution in [2.45, 2.75) is 25.4 Å². The topological polar surface area (TPSA) is 47.0 Å². The molecular weight excluding hydrogens is 226 g/mol. The summed E-state index contributed by atoms with van der Waals surface area (Å²) in [6.07, 6.45) is 9.58. The van der Waals surface area contributed by atoms with Crippen molar-refractivity contribution in [3.63, 3.8) is 0 Å². The van der Waals surface area contributed by atoms with Gasteiger partial charge in [0.05, 0.1) is 12.4 Å². The molecule has 2 aromatic heterocycles. The minimum atomic E-state index is 0.702. The van der Waals surface area contributed by atoms with E-state index >= 15 is 0 Å². The van der Waals surface area contributed by atoms with Crippen LogP contribution in [0.1, 0.15) is 18.4 Å². The van der Waals surface area contributed by atoms with Crippen LogP contribution in [-0.4, -0.2) is 16.0 Å². The highest BCUT2D eigenvalue weighted by Gasteiger charge is 2.19. The maximum atomic E-state index is 5.69. The molecule has 1 aliphatic rings. The van der Waals surface area contributed by atoms with E-state index in [0.717, 1.165) is 23.6 Å². The Balaban J connectivity index is 1.66. The van der Waals surface area contributed by atoms with Crippen molar-refractivity contribution in [2.24, 2.45) is 0 Å². The molecule has 0 bridgehead atoms. The van der Waals surface area contributed by atoms with E-state index in [1.54, 1.807) is 18.6 Å². The van der Waals surface area contributed by atoms with E-state index in [-0.39, 0.29) is 0 Å². The molecule has 2 aromatic rings. The average molecular weight is 241 g/mol. The second-order valence-electron chi connectivity index (χ2n) is 4.47. The van der Waals surface area contributed by atoms with Gasteiger partial charge < -0.3 is 10.1 Å². The van der Waals surface area contributed by atoms with Gasteiger partial charge in [0.1, 0.15) is 11.5 Å². The molecule has 1 fully saturated rings. The first kappa shape index (κ1) is 11.2. The van der Waals surface area contributed by atoms with Crippen LogP contribution in [0.2, 0.25) is 0 Å². The van der Waals surface area contributed by atoms with E-state index in [0.29, 0.717) is 6.04 Å². The fourth-order valence-electron chi connectivity index (χ4n) is 1.71. The second-order valence-corrected chi connectivity index (χ2v) is 4.47. The van der Waals surface area contributed by atoms with Crippen LogP contribution in [0, 0.1) is 0 Å². The van der Waals surface area contributed by atoms with Crippen LogP contribution >= 0.6 is 0 Å². The Morgan fingerprint density at radius 3 is 2.83 bits per heavy atom. The standard InChI is InChI=1S/C14H15N3O/c1-2-13(9-15-5-1)18-14-6-11(7-16-10-14)8-17-12-3-4-12/h1-2,5-7,9-10,12,17H,3-4,8H2. The highest BCUT2D eigenvalue weighted by molar-refractivity contribution is 5.29. The van der Waals surface area contributed by atoms with E-state index in [2.05, 4.69) is 15.3 Å². The highest BCUT2D eigenvalue weighted by atomic mass is 16.5. The molecule has 0 atom stereocenters. The Labute approximate surface area is 106 Å². The summed E-state index contributed by atoms with van der Waals surface area (Å²) < 4.78 is 5.69. The summed E-state index contributed by atoms with van der Waals surface area (Å²) in [6, 6.07) is 6.44. The van der Waals surface area contributed by atoms with Crippen molar-refractivity contribution in [2.75, 3.05) is 0 Å². The molecular formula is C14H15N3O. The summed E-state index contributed by atoms with van der Waals surface area (Å²) in [4.78, 5) is 8.21. The van der Waals surface area contributed by atoms with Crippen LogP contribution in [-0.2, 0) is 6.54 Å². The van der Waals surface area contributed by atoms with Crippen LogP contribution in [0.4, 0.5) is 0 Å².